The van der Waals surface area contributed by atoms with Gasteiger partial charge in [0.1, 0.15) is 17.2 Å². The van der Waals surface area contributed by atoms with Crippen molar-refractivity contribution >= 4 is 5.97 Å². The van der Waals surface area contributed by atoms with Gasteiger partial charge in [0.25, 0.3) is 0 Å². The van der Waals surface area contributed by atoms with Gasteiger partial charge >= 0.3 is 5.97 Å². The van der Waals surface area contributed by atoms with Crippen LogP contribution in [-0.2, 0) is 4.79 Å². The molecule has 0 saturated carbocycles. The lowest BCUT2D eigenvalue weighted by atomic mass is 9.86. The highest BCUT2D eigenvalue weighted by atomic mass is 19.1. The SMILES string of the molecule is CC(c1cc(F)cc(F)c1)N1CCCCC1(C)C(=O)O. The van der Waals surface area contributed by atoms with Crippen molar-refractivity contribution in [1.29, 1.82) is 0 Å². The van der Waals surface area contributed by atoms with Crippen LogP contribution in [0, 0.1) is 11.6 Å². The Balaban J connectivity index is 2.34. The lowest BCUT2D eigenvalue weighted by Crippen LogP contribution is -2.55. The molecule has 3 nitrogen and oxygen atoms in total. The smallest absolute Gasteiger partial charge is 0.323 e. The van der Waals surface area contributed by atoms with Crippen molar-refractivity contribution in [2.75, 3.05) is 6.54 Å². The molecule has 0 bridgehead atoms. The van der Waals surface area contributed by atoms with Crippen LogP contribution in [-0.4, -0.2) is 28.1 Å². The molecule has 110 valence electrons. The van der Waals surface area contributed by atoms with Gasteiger partial charge in [0, 0.05) is 12.1 Å². The predicted octanol–water partition coefficient (Wildman–Crippen LogP) is 3.36. The summed E-state index contributed by atoms with van der Waals surface area (Å²) in [5.74, 6) is -2.16. The van der Waals surface area contributed by atoms with Gasteiger partial charge in [-0.05, 0) is 57.4 Å². The zero-order chi connectivity index (χ0) is 14.9. The van der Waals surface area contributed by atoms with E-state index in [0.717, 1.165) is 18.9 Å². The van der Waals surface area contributed by atoms with E-state index in [9.17, 15) is 18.7 Å². The standard InChI is InChI=1S/C15H19F2NO2/c1-10(11-7-12(16)9-13(17)8-11)18-6-4-3-5-15(18,2)14(19)20/h7-10H,3-6H2,1-2H3,(H,19,20). The summed E-state index contributed by atoms with van der Waals surface area (Å²) in [4.78, 5) is 13.4. The summed E-state index contributed by atoms with van der Waals surface area (Å²) in [5.41, 5.74) is -0.516. The van der Waals surface area contributed by atoms with Crippen molar-refractivity contribution in [3.63, 3.8) is 0 Å². The van der Waals surface area contributed by atoms with E-state index < -0.39 is 23.1 Å². The van der Waals surface area contributed by atoms with E-state index in [2.05, 4.69) is 0 Å². The maximum absolute atomic E-state index is 13.3. The lowest BCUT2D eigenvalue weighted by molar-refractivity contribution is -0.155. The number of benzene rings is 1. The Morgan fingerprint density at radius 1 is 1.30 bits per heavy atom. The van der Waals surface area contributed by atoms with E-state index in [-0.39, 0.29) is 6.04 Å². The van der Waals surface area contributed by atoms with Crippen LogP contribution in [0.4, 0.5) is 8.78 Å². The first-order valence-corrected chi connectivity index (χ1v) is 6.81. The Bertz CT molecular complexity index is 500. The van der Waals surface area contributed by atoms with Crippen molar-refractivity contribution in [1.82, 2.24) is 4.90 Å². The summed E-state index contributed by atoms with van der Waals surface area (Å²) >= 11 is 0. The molecule has 0 amide bonds. The fourth-order valence-corrected chi connectivity index (χ4v) is 2.99. The highest BCUT2D eigenvalue weighted by Gasteiger charge is 2.43. The van der Waals surface area contributed by atoms with Gasteiger partial charge in [-0.15, -0.1) is 0 Å². The van der Waals surface area contributed by atoms with Crippen molar-refractivity contribution in [3.05, 3.63) is 35.4 Å². The van der Waals surface area contributed by atoms with Crippen molar-refractivity contribution in [2.45, 2.75) is 44.7 Å². The minimum absolute atomic E-state index is 0.346. The molecule has 1 heterocycles. The molecule has 1 saturated heterocycles. The van der Waals surface area contributed by atoms with Gasteiger partial charge in [0.2, 0.25) is 0 Å². The highest BCUT2D eigenvalue weighted by molar-refractivity contribution is 5.78. The number of hydrogen-bond donors (Lipinski definition) is 1. The summed E-state index contributed by atoms with van der Waals surface area (Å²) in [6.07, 6.45) is 2.29. The minimum atomic E-state index is -0.986. The number of hydrogen-bond acceptors (Lipinski definition) is 2. The van der Waals surface area contributed by atoms with Crippen molar-refractivity contribution < 1.29 is 18.7 Å². The summed E-state index contributed by atoms with van der Waals surface area (Å²) in [6, 6.07) is 3.01. The van der Waals surface area contributed by atoms with Gasteiger partial charge in [-0.3, -0.25) is 9.69 Å². The molecule has 2 atom stereocenters. The van der Waals surface area contributed by atoms with Gasteiger partial charge in [0.15, 0.2) is 0 Å². The number of nitrogens with zero attached hydrogens (tertiary/aromatic N) is 1. The lowest BCUT2D eigenvalue weighted by Gasteiger charge is -2.45. The largest absolute Gasteiger partial charge is 0.480 e. The number of carboxylic acid groups (broad SMARTS) is 1. The fraction of sp³-hybridized carbons (Fsp3) is 0.533. The average Bonchev–Trinajstić information content (AvgIpc) is 2.37. The van der Waals surface area contributed by atoms with Crippen LogP contribution in [0.15, 0.2) is 18.2 Å². The molecule has 1 aliphatic rings. The molecule has 5 heteroatoms. The first kappa shape index (κ1) is 14.9. The van der Waals surface area contributed by atoms with Crippen LogP contribution in [0.5, 0.6) is 0 Å². The zero-order valence-electron chi connectivity index (χ0n) is 11.7. The van der Waals surface area contributed by atoms with Gasteiger partial charge in [0.05, 0.1) is 0 Å². The molecule has 2 unspecified atom stereocenters. The summed E-state index contributed by atoms with van der Waals surface area (Å²) in [6.45, 7) is 4.09. The van der Waals surface area contributed by atoms with Crippen LogP contribution >= 0.6 is 0 Å². The van der Waals surface area contributed by atoms with Crippen LogP contribution in [0.1, 0.15) is 44.7 Å². The Kier molecular flexibility index (Phi) is 4.09. The summed E-state index contributed by atoms with van der Waals surface area (Å²) in [7, 11) is 0. The van der Waals surface area contributed by atoms with Gasteiger partial charge in [-0.2, -0.15) is 0 Å². The number of rotatable bonds is 3. The van der Waals surface area contributed by atoms with Gasteiger partial charge in [-0.1, -0.05) is 0 Å². The molecule has 1 N–H and O–H groups in total. The fourth-order valence-electron chi connectivity index (χ4n) is 2.99. The van der Waals surface area contributed by atoms with Crippen LogP contribution in [0.3, 0.4) is 0 Å². The molecule has 1 aromatic rings. The monoisotopic (exact) mass is 283 g/mol. The first-order chi connectivity index (χ1) is 9.34. The summed E-state index contributed by atoms with van der Waals surface area (Å²) in [5, 5.41) is 9.48. The maximum Gasteiger partial charge on any atom is 0.323 e. The molecule has 0 radical (unpaired) electrons. The Morgan fingerprint density at radius 3 is 2.45 bits per heavy atom. The molecule has 0 spiro atoms. The van der Waals surface area contributed by atoms with Crippen LogP contribution in [0.2, 0.25) is 0 Å². The first-order valence-electron chi connectivity index (χ1n) is 6.81. The van der Waals surface area contributed by atoms with Crippen LogP contribution in [0.25, 0.3) is 0 Å². The normalized spacial score (nSPS) is 25.4. The molecular weight excluding hydrogens is 264 g/mol. The maximum atomic E-state index is 13.3. The molecule has 20 heavy (non-hydrogen) atoms. The molecule has 2 rings (SSSR count). The molecule has 0 aliphatic carbocycles. The second-order valence-corrected chi connectivity index (χ2v) is 5.61. The Labute approximate surface area is 117 Å². The number of halogens is 2. The average molecular weight is 283 g/mol. The van der Waals surface area contributed by atoms with Crippen LogP contribution < -0.4 is 0 Å². The Hall–Kier alpha value is -1.49. The quantitative estimate of drug-likeness (QED) is 0.924. The van der Waals surface area contributed by atoms with Gasteiger partial charge < -0.3 is 5.11 Å². The second kappa shape index (κ2) is 5.48. The number of aliphatic carboxylic acids is 1. The van der Waals surface area contributed by atoms with E-state index in [1.807, 2.05) is 4.90 Å². The van der Waals surface area contributed by atoms with Gasteiger partial charge in [-0.25, -0.2) is 8.78 Å². The summed E-state index contributed by atoms with van der Waals surface area (Å²) < 4.78 is 26.7. The van der Waals surface area contributed by atoms with E-state index in [4.69, 9.17) is 0 Å². The van der Waals surface area contributed by atoms with Crippen molar-refractivity contribution in [2.24, 2.45) is 0 Å². The molecule has 1 aliphatic heterocycles. The molecule has 1 fully saturated rings. The topological polar surface area (TPSA) is 40.5 Å². The van der Waals surface area contributed by atoms with E-state index in [1.165, 1.54) is 12.1 Å². The third kappa shape index (κ3) is 2.68. The third-order valence-electron chi connectivity index (χ3n) is 4.24. The predicted molar refractivity (Wildman–Crippen MR) is 71.4 cm³/mol. The van der Waals surface area contributed by atoms with Crippen molar-refractivity contribution in [3.8, 4) is 0 Å². The second-order valence-electron chi connectivity index (χ2n) is 5.61. The molecule has 1 aromatic carbocycles. The number of piperidine rings is 1. The van der Waals surface area contributed by atoms with E-state index >= 15 is 0 Å². The highest BCUT2D eigenvalue weighted by Crippen LogP contribution is 2.36. The Morgan fingerprint density at radius 2 is 1.90 bits per heavy atom. The number of carboxylic acids is 1. The van der Waals surface area contributed by atoms with E-state index in [1.54, 1.807) is 13.8 Å². The molecular formula is C15H19F2NO2. The third-order valence-corrected chi connectivity index (χ3v) is 4.24. The molecule has 0 aromatic heterocycles. The number of likely N-dealkylation sites (tertiary alicyclic amines) is 1. The number of carbonyl (C=O) groups is 1. The van der Waals surface area contributed by atoms with E-state index in [0.29, 0.717) is 18.5 Å². The zero-order valence-corrected chi connectivity index (χ0v) is 11.7. The minimum Gasteiger partial charge on any atom is -0.480 e.